The van der Waals surface area contributed by atoms with Crippen LogP contribution < -0.4 is 0 Å². The lowest BCUT2D eigenvalue weighted by atomic mass is 9.95. The van der Waals surface area contributed by atoms with Crippen molar-refractivity contribution < 1.29 is 61.7 Å². The van der Waals surface area contributed by atoms with E-state index in [2.05, 4.69) is 0 Å². The Morgan fingerprint density at radius 2 is 1.49 bits per heavy atom. The van der Waals surface area contributed by atoms with Gasteiger partial charge in [0.2, 0.25) is 0 Å². The van der Waals surface area contributed by atoms with Crippen molar-refractivity contribution in [3.8, 4) is 0 Å². The van der Waals surface area contributed by atoms with Crippen molar-refractivity contribution in [3.63, 3.8) is 0 Å². The summed E-state index contributed by atoms with van der Waals surface area (Å²) in [6.07, 6.45) is -7.92. The smallest absolute Gasteiger partial charge is 0.420 e. The second-order valence-corrected chi connectivity index (χ2v) is 13.6. The SMILES string of the molecule is CC(C)(C)OC(=O)N1C(=O)O[C@@H]2[C@@H]3OC(C)(C)OC[C@H]3O[C@@H](OC[C@H]3O[C@@H]4OC(C)(C)O[C@@H]4[C@H]4OC(C)(C)O[C@H]43)[C@@H]21. The quantitative estimate of drug-likeness (QED) is 0.478. The molecular formula is C27H41NO13. The van der Waals surface area contributed by atoms with Crippen molar-refractivity contribution in [2.75, 3.05) is 13.2 Å². The van der Waals surface area contributed by atoms with Gasteiger partial charge in [-0.3, -0.25) is 0 Å². The molecule has 0 radical (unpaired) electrons. The van der Waals surface area contributed by atoms with Crippen LogP contribution in [0.2, 0.25) is 0 Å². The first-order chi connectivity index (χ1) is 18.9. The molecule has 0 spiro atoms. The molecule has 0 aromatic carbocycles. The van der Waals surface area contributed by atoms with Gasteiger partial charge < -0.3 is 52.1 Å². The zero-order chi connectivity index (χ0) is 29.7. The Balaban J connectivity index is 1.24. The van der Waals surface area contributed by atoms with Gasteiger partial charge in [0.05, 0.1) is 13.2 Å². The highest BCUT2D eigenvalue weighted by Gasteiger charge is 2.64. The number of carbonyl (C=O) groups excluding carboxylic acids is 2. The third kappa shape index (κ3) is 5.58. The van der Waals surface area contributed by atoms with Gasteiger partial charge in [0, 0.05) is 0 Å². The van der Waals surface area contributed by atoms with Crippen LogP contribution in [0.3, 0.4) is 0 Å². The molecule has 10 atom stereocenters. The standard InChI is InChI=1S/C27H41NO13/c1-24(2,3)41-23(30)28-14-17(35-22(28)29)15-13(11-32-25(4,5)36-15)33-20(14)31-10-12-16-18(38-26(6,7)37-16)19-21(34-12)40-27(8,9)39-19/h12-21H,10-11H2,1-9H3/t12-,13-,14-,15-,16+,17+,18+,19-,20-,21-/m1/s1. The van der Waals surface area contributed by atoms with Crippen LogP contribution in [0.5, 0.6) is 0 Å². The van der Waals surface area contributed by atoms with Crippen LogP contribution in [0, 0.1) is 0 Å². The average Bonchev–Trinajstić information content (AvgIpc) is 3.44. The van der Waals surface area contributed by atoms with Crippen LogP contribution in [-0.2, 0) is 52.1 Å². The monoisotopic (exact) mass is 587 g/mol. The molecule has 6 heterocycles. The maximum atomic E-state index is 13.2. The lowest BCUT2D eigenvalue weighted by Crippen LogP contribution is -2.66. The summed E-state index contributed by atoms with van der Waals surface area (Å²) in [6, 6.07) is -0.998. The van der Waals surface area contributed by atoms with Crippen molar-refractivity contribution in [1.82, 2.24) is 4.90 Å². The summed E-state index contributed by atoms with van der Waals surface area (Å²) in [5.74, 6) is -2.70. The molecule has 14 nitrogen and oxygen atoms in total. The number of hydrogen-bond donors (Lipinski definition) is 0. The molecular weight excluding hydrogens is 546 g/mol. The Labute approximate surface area is 239 Å². The van der Waals surface area contributed by atoms with Gasteiger partial charge in [0.15, 0.2) is 36.0 Å². The van der Waals surface area contributed by atoms with E-state index in [-0.39, 0.29) is 13.2 Å². The number of ether oxygens (including phenoxy) is 11. The van der Waals surface area contributed by atoms with Crippen molar-refractivity contribution in [2.45, 2.75) is 147 Å². The molecule has 14 heteroatoms. The number of imide groups is 1. The molecule has 6 aliphatic heterocycles. The Morgan fingerprint density at radius 3 is 2.20 bits per heavy atom. The molecule has 0 saturated carbocycles. The Bertz CT molecular complexity index is 1060. The minimum Gasteiger partial charge on any atom is -0.443 e. The molecule has 41 heavy (non-hydrogen) atoms. The molecule has 6 aliphatic rings. The number of fused-ring (bicyclic) bond motifs is 6. The number of nitrogens with zero attached hydrogens (tertiary/aromatic N) is 1. The van der Waals surface area contributed by atoms with Gasteiger partial charge in [-0.25, -0.2) is 9.59 Å². The van der Waals surface area contributed by atoms with Gasteiger partial charge in [-0.2, -0.15) is 4.90 Å². The predicted molar refractivity (Wildman–Crippen MR) is 134 cm³/mol. The van der Waals surface area contributed by atoms with Crippen LogP contribution in [0.4, 0.5) is 9.59 Å². The van der Waals surface area contributed by atoms with Gasteiger partial charge in [-0.05, 0) is 62.3 Å². The molecule has 6 saturated heterocycles. The number of amides is 2. The van der Waals surface area contributed by atoms with Crippen molar-refractivity contribution in [2.24, 2.45) is 0 Å². The minimum absolute atomic E-state index is 0.0392. The van der Waals surface area contributed by atoms with Gasteiger partial charge in [-0.15, -0.1) is 0 Å². The molecule has 0 aromatic heterocycles. The summed E-state index contributed by atoms with van der Waals surface area (Å²) in [5, 5.41) is 0. The molecule has 0 aliphatic carbocycles. The molecule has 0 bridgehead atoms. The maximum Gasteiger partial charge on any atom is 0.420 e. The van der Waals surface area contributed by atoms with E-state index in [4.69, 9.17) is 52.1 Å². The van der Waals surface area contributed by atoms with Crippen LogP contribution in [-0.4, -0.2) is 115 Å². The Kier molecular flexibility index (Phi) is 6.96. The Hall–Kier alpha value is -1.62. The molecule has 6 rings (SSSR count). The summed E-state index contributed by atoms with van der Waals surface area (Å²) in [7, 11) is 0. The molecule has 0 N–H and O–H groups in total. The highest BCUT2D eigenvalue weighted by atomic mass is 16.9. The number of hydrogen-bond acceptors (Lipinski definition) is 13. The van der Waals surface area contributed by atoms with Gasteiger partial charge in [0.25, 0.3) is 0 Å². The lowest BCUT2D eigenvalue weighted by Gasteiger charge is -2.49. The van der Waals surface area contributed by atoms with Gasteiger partial charge in [0.1, 0.15) is 48.3 Å². The highest BCUT2D eigenvalue weighted by molar-refractivity contribution is 5.90. The van der Waals surface area contributed by atoms with Crippen molar-refractivity contribution in [1.29, 1.82) is 0 Å². The van der Waals surface area contributed by atoms with E-state index in [9.17, 15) is 9.59 Å². The van der Waals surface area contributed by atoms with Crippen molar-refractivity contribution in [3.05, 3.63) is 0 Å². The maximum absolute atomic E-state index is 13.2. The van der Waals surface area contributed by atoms with E-state index in [1.807, 2.05) is 13.8 Å². The number of carbonyl (C=O) groups is 2. The molecule has 2 amide bonds. The third-order valence-electron chi connectivity index (χ3n) is 7.63. The first-order valence-electron chi connectivity index (χ1n) is 14.1. The summed E-state index contributed by atoms with van der Waals surface area (Å²) in [4.78, 5) is 27.2. The fourth-order valence-electron chi connectivity index (χ4n) is 6.18. The van der Waals surface area contributed by atoms with E-state index in [1.165, 1.54) is 0 Å². The topological polar surface area (TPSA) is 139 Å². The van der Waals surface area contributed by atoms with E-state index in [0.717, 1.165) is 4.90 Å². The third-order valence-corrected chi connectivity index (χ3v) is 7.63. The highest BCUT2D eigenvalue weighted by Crippen LogP contribution is 2.45. The van der Waals surface area contributed by atoms with Crippen LogP contribution in [0.25, 0.3) is 0 Å². The minimum atomic E-state index is -1.11. The molecule has 232 valence electrons. The van der Waals surface area contributed by atoms with E-state index < -0.39 is 96.5 Å². The van der Waals surface area contributed by atoms with Crippen molar-refractivity contribution >= 4 is 12.2 Å². The second kappa shape index (κ2) is 9.69. The summed E-state index contributed by atoms with van der Waals surface area (Å²) >= 11 is 0. The fourth-order valence-corrected chi connectivity index (χ4v) is 6.18. The van der Waals surface area contributed by atoms with Crippen LogP contribution >= 0.6 is 0 Å². The zero-order valence-electron chi connectivity index (χ0n) is 24.9. The van der Waals surface area contributed by atoms with Crippen LogP contribution in [0.1, 0.15) is 62.3 Å². The predicted octanol–water partition coefficient (Wildman–Crippen LogP) is 2.40. The summed E-state index contributed by atoms with van der Waals surface area (Å²) in [6.45, 7) is 16.0. The average molecular weight is 588 g/mol. The summed E-state index contributed by atoms with van der Waals surface area (Å²) < 4.78 is 66.4. The second-order valence-electron chi connectivity index (χ2n) is 13.6. The normalized spacial score (nSPS) is 43.9. The van der Waals surface area contributed by atoms with E-state index in [0.29, 0.717) is 0 Å². The lowest BCUT2D eigenvalue weighted by molar-refractivity contribution is -0.368. The van der Waals surface area contributed by atoms with Gasteiger partial charge >= 0.3 is 12.2 Å². The zero-order valence-corrected chi connectivity index (χ0v) is 24.9. The Morgan fingerprint density at radius 1 is 0.854 bits per heavy atom. The van der Waals surface area contributed by atoms with E-state index in [1.54, 1.807) is 48.5 Å². The first-order valence-corrected chi connectivity index (χ1v) is 14.1. The first kappa shape index (κ1) is 29.5. The van der Waals surface area contributed by atoms with Gasteiger partial charge in [-0.1, -0.05) is 0 Å². The molecule has 0 unspecified atom stereocenters. The fraction of sp³-hybridized carbons (Fsp3) is 0.926. The van der Waals surface area contributed by atoms with Crippen LogP contribution in [0.15, 0.2) is 0 Å². The molecule has 0 aromatic rings. The molecule has 6 fully saturated rings. The summed E-state index contributed by atoms with van der Waals surface area (Å²) in [5.41, 5.74) is -0.855. The number of rotatable bonds is 3. The largest absolute Gasteiger partial charge is 0.443 e. The van der Waals surface area contributed by atoms with E-state index >= 15 is 0 Å².